The van der Waals surface area contributed by atoms with Crippen molar-refractivity contribution in [3.05, 3.63) is 40.0 Å². The first-order valence-corrected chi connectivity index (χ1v) is 3.25. The SMILES string of the molecule is Cl.[O-][N+]1=c2ccccc2=CC1. The minimum absolute atomic E-state index is 0. The van der Waals surface area contributed by atoms with Crippen LogP contribution in [0.3, 0.4) is 0 Å². The third-order valence-electron chi connectivity index (χ3n) is 1.68. The van der Waals surface area contributed by atoms with E-state index < -0.39 is 0 Å². The molecule has 3 heteroatoms. The molecule has 1 aliphatic heterocycles. The number of fused-ring (bicyclic) bond motifs is 1. The Morgan fingerprint density at radius 3 is 2.73 bits per heavy atom. The number of rotatable bonds is 0. The van der Waals surface area contributed by atoms with Crippen molar-refractivity contribution in [1.29, 1.82) is 0 Å². The molecular weight excluding hydrogens is 162 g/mol. The zero-order valence-electron chi connectivity index (χ0n) is 5.86. The fraction of sp³-hybridized carbons (Fsp3) is 0.125. The molecule has 11 heavy (non-hydrogen) atoms. The summed E-state index contributed by atoms with van der Waals surface area (Å²) in [6.07, 6.45) is 1.93. The first-order chi connectivity index (χ1) is 4.88. The second kappa shape index (κ2) is 2.93. The second-order valence-electron chi connectivity index (χ2n) is 2.32. The van der Waals surface area contributed by atoms with E-state index in [0.717, 1.165) is 15.3 Å². The van der Waals surface area contributed by atoms with Gasteiger partial charge in [0, 0.05) is 11.3 Å². The van der Waals surface area contributed by atoms with E-state index in [2.05, 4.69) is 0 Å². The molecule has 0 N–H and O–H groups in total. The third-order valence-corrected chi connectivity index (χ3v) is 1.68. The van der Waals surface area contributed by atoms with Crippen molar-refractivity contribution in [2.24, 2.45) is 0 Å². The average molecular weight is 170 g/mol. The highest BCUT2D eigenvalue weighted by atomic mass is 35.5. The summed E-state index contributed by atoms with van der Waals surface area (Å²) in [5.74, 6) is 0. The van der Waals surface area contributed by atoms with E-state index in [1.807, 2.05) is 30.3 Å². The molecule has 2 rings (SSSR count). The van der Waals surface area contributed by atoms with Crippen LogP contribution < -0.4 is 15.3 Å². The van der Waals surface area contributed by atoms with E-state index in [0.29, 0.717) is 6.54 Å². The Bertz CT molecular complexity index is 372. The lowest BCUT2D eigenvalue weighted by Crippen LogP contribution is -2.29. The van der Waals surface area contributed by atoms with E-state index in [1.165, 1.54) is 0 Å². The Kier molecular flexibility index (Phi) is 2.15. The molecule has 0 bridgehead atoms. The molecule has 0 saturated heterocycles. The lowest BCUT2D eigenvalue weighted by molar-refractivity contribution is 0.848. The summed E-state index contributed by atoms with van der Waals surface area (Å²) in [4.78, 5) is 0. The minimum Gasteiger partial charge on any atom is -0.623 e. The highest BCUT2D eigenvalue weighted by Gasteiger charge is 2.01. The number of halogens is 1. The highest BCUT2D eigenvalue weighted by Crippen LogP contribution is 1.77. The van der Waals surface area contributed by atoms with Gasteiger partial charge in [0.25, 0.3) is 0 Å². The zero-order valence-corrected chi connectivity index (χ0v) is 6.67. The first kappa shape index (κ1) is 8.08. The van der Waals surface area contributed by atoms with Gasteiger partial charge in [-0.2, -0.15) is 0 Å². The van der Waals surface area contributed by atoms with Crippen LogP contribution in [0, 0.1) is 5.21 Å². The summed E-state index contributed by atoms with van der Waals surface area (Å²) < 4.78 is 0.995. The molecule has 0 fully saturated rings. The standard InChI is InChI=1S/C8H7NO.ClH/c10-9-6-5-7-3-1-2-4-8(7)9;/h1-5H,6H2;1H. The summed E-state index contributed by atoms with van der Waals surface area (Å²) in [7, 11) is 0. The van der Waals surface area contributed by atoms with Crippen LogP contribution in [0.5, 0.6) is 0 Å². The van der Waals surface area contributed by atoms with Crippen molar-refractivity contribution < 1.29 is 0 Å². The summed E-state index contributed by atoms with van der Waals surface area (Å²) in [6.45, 7) is 0.499. The molecule has 0 aromatic heterocycles. The molecule has 1 aliphatic rings. The summed E-state index contributed by atoms with van der Waals surface area (Å²) in [5, 5.41) is 12.8. The van der Waals surface area contributed by atoms with Crippen LogP contribution in [0.15, 0.2) is 24.3 Å². The van der Waals surface area contributed by atoms with Crippen molar-refractivity contribution >= 4 is 18.5 Å². The van der Waals surface area contributed by atoms with Crippen molar-refractivity contribution in [2.75, 3.05) is 6.54 Å². The van der Waals surface area contributed by atoms with Crippen LogP contribution in [-0.2, 0) is 0 Å². The van der Waals surface area contributed by atoms with Crippen LogP contribution in [-0.4, -0.2) is 6.54 Å². The number of hydroxylamine groups is 1. The maximum Gasteiger partial charge on any atom is 0.218 e. The summed E-state index contributed by atoms with van der Waals surface area (Å²) in [5.41, 5.74) is 0. The van der Waals surface area contributed by atoms with Crippen molar-refractivity contribution in [1.82, 2.24) is 4.74 Å². The van der Waals surface area contributed by atoms with E-state index >= 15 is 0 Å². The number of benzene rings is 1. The Balaban J connectivity index is 0.000000605. The van der Waals surface area contributed by atoms with Gasteiger partial charge in [-0.1, -0.05) is 12.1 Å². The van der Waals surface area contributed by atoms with E-state index in [1.54, 1.807) is 0 Å². The topological polar surface area (TPSA) is 26.1 Å². The number of hydrogen-bond acceptors (Lipinski definition) is 1. The molecule has 0 radical (unpaired) electrons. The Labute approximate surface area is 70.5 Å². The molecule has 1 heterocycles. The van der Waals surface area contributed by atoms with Gasteiger partial charge in [-0.05, 0) is 12.1 Å². The number of para-hydroxylation sites is 1. The molecule has 0 amide bonds. The van der Waals surface area contributed by atoms with Crippen LogP contribution in [0.25, 0.3) is 6.08 Å². The Morgan fingerprint density at radius 2 is 2.00 bits per heavy atom. The first-order valence-electron chi connectivity index (χ1n) is 3.25. The largest absolute Gasteiger partial charge is 0.623 e. The molecular formula is C8H8ClNO. The average Bonchev–Trinajstić information content (AvgIpc) is 2.34. The molecule has 58 valence electrons. The van der Waals surface area contributed by atoms with E-state index in [4.69, 9.17) is 0 Å². The van der Waals surface area contributed by atoms with Crippen LogP contribution >= 0.6 is 12.4 Å². The van der Waals surface area contributed by atoms with E-state index in [-0.39, 0.29) is 12.4 Å². The molecule has 1 aromatic rings. The minimum atomic E-state index is 0. The normalized spacial score (nSPS) is 13.3. The summed E-state index contributed by atoms with van der Waals surface area (Å²) in [6, 6.07) is 7.61. The van der Waals surface area contributed by atoms with Gasteiger partial charge in [0.05, 0.1) is 0 Å². The fourth-order valence-electron chi connectivity index (χ4n) is 1.17. The summed E-state index contributed by atoms with van der Waals surface area (Å²) >= 11 is 0. The molecule has 0 saturated carbocycles. The van der Waals surface area contributed by atoms with Gasteiger partial charge in [0.1, 0.15) is 0 Å². The van der Waals surface area contributed by atoms with Gasteiger partial charge >= 0.3 is 0 Å². The van der Waals surface area contributed by atoms with Gasteiger partial charge in [-0.15, -0.1) is 12.4 Å². The maximum atomic E-state index is 11.0. The second-order valence-corrected chi connectivity index (χ2v) is 2.32. The lowest BCUT2D eigenvalue weighted by Gasteiger charge is -1.92. The predicted octanol–water partition coefficient (Wildman–Crippen LogP) is -0.109. The number of hydrogen-bond donors (Lipinski definition) is 0. The maximum absolute atomic E-state index is 11.0. The lowest BCUT2D eigenvalue weighted by atomic mass is 10.3. The monoisotopic (exact) mass is 169 g/mol. The Hall–Kier alpha value is -1.02. The van der Waals surface area contributed by atoms with Crippen molar-refractivity contribution in [3.63, 3.8) is 0 Å². The van der Waals surface area contributed by atoms with Gasteiger partial charge in [-0.3, -0.25) is 0 Å². The van der Waals surface area contributed by atoms with Gasteiger partial charge < -0.3 is 5.21 Å². The van der Waals surface area contributed by atoms with Crippen LogP contribution in [0.4, 0.5) is 0 Å². The fourth-order valence-corrected chi connectivity index (χ4v) is 1.17. The molecule has 0 atom stereocenters. The molecule has 2 nitrogen and oxygen atoms in total. The quantitative estimate of drug-likeness (QED) is 0.393. The van der Waals surface area contributed by atoms with Gasteiger partial charge in [0.15, 0.2) is 6.54 Å². The molecule has 0 spiro atoms. The zero-order chi connectivity index (χ0) is 6.97. The smallest absolute Gasteiger partial charge is 0.218 e. The van der Waals surface area contributed by atoms with E-state index in [9.17, 15) is 5.21 Å². The predicted molar refractivity (Wildman–Crippen MR) is 46.9 cm³/mol. The van der Waals surface area contributed by atoms with Crippen LogP contribution in [0.1, 0.15) is 0 Å². The van der Waals surface area contributed by atoms with Gasteiger partial charge in [-0.25, -0.2) is 4.74 Å². The van der Waals surface area contributed by atoms with Crippen molar-refractivity contribution in [2.45, 2.75) is 0 Å². The third kappa shape index (κ3) is 1.21. The molecule has 0 unspecified atom stereocenters. The number of nitrogens with zero attached hydrogens (tertiary/aromatic N) is 1. The van der Waals surface area contributed by atoms with Gasteiger partial charge in [0.2, 0.25) is 5.36 Å². The molecule has 0 aliphatic carbocycles. The molecule has 1 aromatic carbocycles. The van der Waals surface area contributed by atoms with Crippen molar-refractivity contribution in [3.8, 4) is 0 Å². The highest BCUT2D eigenvalue weighted by molar-refractivity contribution is 5.85. The van der Waals surface area contributed by atoms with Crippen LogP contribution in [0.2, 0.25) is 0 Å². The Morgan fingerprint density at radius 1 is 1.27 bits per heavy atom.